The Morgan fingerprint density at radius 1 is 1.24 bits per heavy atom. The summed E-state index contributed by atoms with van der Waals surface area (Å²) in [5.74, 6) is -3.11. The Kier molecular flexibility index (Phi) is 4.96. The average Bonchev–Trinajstić information content (AvgIpc) is 3.14. The van der Waals surface area contributed by atoms with Gasteiger partial charge >= 0.3 is 5.97 Å². The van der Waals surface area contributed by atoms with Gasteiger partial charge in [0, 0.05) is 23.7 Å². The number of halogens is 1. The molecule has 0 aromatic heterocycles. The van der Waals surface area contributed by atoms with Crippen molar-refractivity contribution in [3.05, 3.63) is 23.8 Å². The van der Waals surface area contributed by atoms with Gasteiger partial charge in [0.25, 0.3) is 0 Å². The van der Waals surface area contributed by atoms with E-state index in [1.807, 2.05) is 6.92 Å². The third kappa shape index (κ3) is 2.76. The Bertz CT molecular complexity index is 1030. The van der Waals surface area contributed by atoms with Crippen molar-refractivity contribution in [3.8, 4) is 0 Å². The van der Waals surface area contributed by atoms with E-state index in [4.69, 9.17) is 14.2 Å². The molecule has 8 atom stereocenters. The highest BCUT2D eigenvalue weighted by Crippen LogP contribution is 2.72. The van der Waals surface area contributed by atoms with Gasteiger partial charge in [-0.3, -0.25) is 14.4 Å². The molecule has 3 saturated carbocycles. The predicted molar refractivity (Wildman–Crippen MR) is 118 cm³/mol. The molecule has 0 spiro atoms. The summed E-state index contributed by atoms with van der Waals surface area (Å²) >= 11 is 0. The van der Waals surface area contributed by atoms with E-state index >= 15 is 4.39 Å². The largest absolute Gasteiger partial charge is 0.458 e. The van der Waals surface area contributed by atoms with Crippen molar-refractivity contribution in [1.82, 2.24) is 0 Å². The van der Waals surface area contributed by atoms with E-state index in [1.165, 1.54) is 19.1 Å². The maximum absolute atomic E-state index is 17.3. The highest BCUT2D eigenvalue weighted by molar-refractivity contribution is 6.01. The van der Waals surface area contributed by atoms with Crippen LogP contribution in [-0.2, 0) is 28.6 Å². The Morgan fingerprint density at radius 2 is 1.94 bits per heavy atom. The van der Waals surface area contributed by atoms with Crippen LogP contribution >= 0.6 is 0 Å². The molecule has 8 heteroatoms. The smallest absolute Gasteiger partial charge is 0.303 e. The number of Topliss-reactive ketones (excluding diaryl/α,β-unsaturated/α-hetero) is 1. The number of ether oxygens (including phenoxy) is 3. The summed E-state index contributed by atoms with van der Waals surface area (Å²) in [4.78, 5) is 37.1. The number of alkyl halides is 1. The summed E-state index contributed by atoms with van der Waals surface area (Å²) in [6.07, 6.45) is 3.81. The van der Waals surface area contributed by atoms with E-state index < -0.39 is 64.4 Å². The molecule has 0 amide bonds. The van der Waals surface area contributed by atoms with Crippen LogP contribution in [-0.4, -0.2) is 58.5 Å². The van der Waals surface area contributed by atoms with Gasteiger partial charge in [0.05, 0.1) is 12.2 Å². The first kappa shape index (κ1) is 23.8. The minimum Gasteiger partial charge on any atom is -0.458 e. The van der Waals surface area contributed by atoms with Gasteiger partial charge in [-0.05, 0) is 64.5 Å². The van der Waals surface area contributed by atoms with E-state index in [0.29, 0.717) is 24.8 Å². The summed E-state index contributed by atoms with van der Waals surface area (Å²) in [5, 5.41) is 11.5. The van der Waals surface area contributed by atoms with Gasteiger partial charge in [-0.1, -0.05) is 18.6 Å². The number of carbonyl (C=O) groups is 3. The van der Waals surface area contributed by atoms with Crippen molar-refractivity contribution in [2.75, 3.05) is 6.61 Å². The van der Waals surface area contributed by atoms with Crippen LogP contribution in [0.25, 0.3) is 0 Å². The minimum atomic E-state index is -2.01. The normalized spacial score (nSPS) is 48.3. The van der Waals surface area contributed by atoms with Crippen LogP contribution in [0.4, 0.5) is 4.39 Å². The number of fused-ring (bicyclic) bond motifs is 7. The van der Waals surface area contributed by atoms with Crippen LogP contribution in [0, 0.1) is 22.7 Å². The van der Waals surface area contributed by atoms with Crippen LogP contribution in [0.3, 0.4) is 0 Å². The van der Waals surface area contributed by atoms with Gasteiger partial charge in [0.2, 0.25) is 5.78 Å². The van der Waals surface area contributed by atoms with E-state index in [2.05, 4.69) is 0 Å². The average molecular weight is 477 g/mol. The molecular formula is C26H33FO7. The third-order valence-corrected chi connectivity index (χ3v) is 9.45. The van der Waals surface area contributed by atoms with Crippen LogP contribution < -0.4 is 0 Å². The number of aliphatic hydroxyl groups is 1. The second-order valence-electron chi connectivity index (χ2n) is 11.5. The van der Waals surface area contributed by atoms with Crippen molar-refractivity contribution >= 4 is 17.5 Å². The van der Waals surface area contributed by atoms with Crippen molar-refractivity contribution in [1.29, 1.82) is 0 Å². The minimum absolute atomic E-state index is 0.0168. The maximum Gasteiger partial charge on any atom is 0.303 e. The molecule has 5 rings (SSSR count). The van der Waals surface area contributed by atoms with Gasteiger partial charge in [-0.15, -0.1) is 0 Å². The SMILES string of the molecule is CC(=O)OCC(=O)[C@@]12OC(C)(C)OC1C[C@H]1[C@@H]3CCC4=CC(=O)C=C[C@]4(C)C3(F)[C@@H](O)C[C@@]12C. The summed E-state index contributed by atoms with van der Waals surface area (Å²) in [6, 6.07) is 0. The molecule has 186 valence electrons. The maximum atomic E-state index is 17.3. The highest BCUT2D eigenvalue weighted by Gasteiger charge is 2.80. The highest BCUT2D eigenvalue weighted by atomic mass is 19.1. The predicted octanol–water partition coefficient (Wildman–Crippen LogP) is 2.99. The number of carbonyl (C=O) groups excluding carboxylic acids is 3. The van der Waals surface area contributed by atoms with Gasteiger partial charge < -0.3 is 19.3 Å². The molecule has 34 heavy (non-hydrogen) atoms. The molecule has 0 radical (unpaired) electrons. The van der Waals surface area contributed by atoms with Crippen LogP contribution in [0.5, 0.6) is 0 Å². The fourth-order valence-electron chi connectivity index (χ4n) is 8.08. The Hall–Kier alpha value is -1.90. The number of hydrogen-bond donors (Lipinski definition) is 1. The Balaban J connectivity index is 1.60. The zero-order valence-electron chi connectivity index (χ0n) is 20.4. The van der Waals surface area contributed by atoms with Crippen molar-refractivity contribution in [3.63, 3.8) is 0 Å². The van der Waals surface area contributed by atoms with E-state index in [1.54, 1.807) is 26.8 Å². The third-order valence-electron chi connectivity index (χ3n) is 9.45. The molecular weight excluding hydrogens is 443 g/mol. The fraction of sp³-hybridized carbons (Fsp3) is 0.731. The first-order chi connectivity index (χ1) is 15.7. The molecule has 2 unspecified atom stereocenters. The lowest BCUT2D eigenvalue weighted by Gasteiger charge is -2.62. The first-order valence-corrected chi connectivity index (χ1v) is 12.1. The monoisotopic (exact) mass is 476 g/mol. The standard InChI is InChI=1S/C26H33FO7/c1-14(28)32-13-20(31)26-21(33-22(2,3)34-26)11-18-17-7-6-15-10-16(29)8-9-23(15,4)25(17,27)19(30)12-24(18,26)5/h8-10,17-19,21,30H,6-7,11-13H2,1-5H3/t17-,18-,19-,21?,23-,24-,25?,26+/m0/s1. The lowest BCUT2D eigenvalue weighted by Crippen LogP contribution is -2.70. The molecule has 1 heterocycles. The number of rotatable bonds is 3. The molecule has 1 aliphatic heterocycles. The number of aliphatic hydroxyl groups excluding tert-OH is 1. The van der Waals surface area contributed by atoms with Gasteiger partial charge in [-0.2, -0.15) is 0 Å². The molecule has 0 bridgehead atoms. The summed E-state index contributed by atoms with van der Waals surface area (Å²) in [5.41, 5.74) is -4.82. The van der Waals surface area contributed by atoms with E-state index in [0.717, 1.165) is 0 Å². The molecule has 0 aromatic rings. The van der Waals surface area contributed by atoms with Crippen molar-refractivity contribution in [2.45, 2.75) is 89.6 Å². The fourth-order valence-corrected chi connectivity index (χ4v) is 8.08. The summed E-state index contributed by atoms with van der Waals surface area (Å²) in [6.45, 7) is 7.86. The van der Waals surface area contributed by atoms with Crippen molar-refractivity contribution in [2.24, 2.45) is 22.7 Å². The Labute approximate surface area is 198 Å². The first-order valence-electron chi connectivity index (χ1n) is 12.1. The number of ketones is 2. The lowest BCUT2D eigenvalue weighted by molar-refractivity contribution is -0.246. The molecule has 4 fully saturated rings. The van der Waals surface area contributed by atoms with Gasteiger partial charge in [0.15, 0.2) is 29.4 Å². The topological polar surface area (TPSA) is 99.1 Å². The molecule has 0 aromatic carbocycles. The molecule has 1 saturated heterocycles. The van der Waals surface area contributed by atoms with Crippen molar-refractivity contribution < 1.29 is 38.1 Å². The Morgan fingerprint density at radius 3 is 2.62 bits per heavy atom. The second-order valence-corrected chi connectivity index (χ2v) is 11.5. The molecule has 4 aliphatic carbocycles. The molecule has 1 N–H and O–H groups in total. The zero-order valence-corrected chi connectivity index (χ0v) is 20.4. The number of hydrogen-bond acceptors (Lipinski definition) is 7. The summed E-state index contributed by atoms with van der Waals surface area (Å²) < 4.78 is 34.9. The van der Waals surface area contributed by atoms with Crippen LogP contribution in [0.2, 0.25) is 0 Å². The summed E-state index contributed by atoms with van der Waals surface area (Å²) in [7, 11) is 0. The van der Waals surface area contributed by atoms with E-state index in [-0.39, 0.29) is 18.1 Å². The van der Waals surface area contributed by atoms with Crippen LogP contribution in [0.15, 0.2) is 23.8 Å². The van der Waals surface area contributed by atoms with E-state index in [9.17, 15) is 19.5 Å². The van der Waals surface area contributed by atoms with Gasteiger partial charge in [-0.25, -0.2) is 4.39 Å². The lowest BCUT2D eigenvalue weighted by atomic mass is 9.44. The molecule has 7 nitrogen and oxygen atoms in total. The second kappa shape index (κ2) is 7.08. The van der Waals surface area contributed by atoms with Gasteiger partial charge in [0.1, 0.15) is 0 Å². The van der Waals surface area contributed by atoms with Crippen LogP contribution in [0.1, 0.15) is 60.3 Å². The quantitative estimate of drug-likeness (QED) is 0.625. The number of esters is 1. The molecule has 5 aliphatic rings. The number of allylic oxidation sites excluding steroid dienone is 4. The zero-order chi connectivity index (χ0) is 24.9.